The van der Waals surface area contributed by atoms with Gasteiger partial charge in [0.15, 0.2) is 0 Å². The predicted molar refractivity (Wildman–Crippen MR) is 113 cm³/mol. The number of nitrogens with zero attached hydrogens (tertiary/aromatic N) is 3. The highest BCUT2D eigenvalue weighted by atomic mass is 16.2. The van der Waals surface area contributed by atoms with Gasteiger partial charge in [-0.1, -0.05) is 46.4 Å². The molecular weight excluding hydrogens is 352 g/mol. The van der Waals surface area contributed by atoms with Crippen LogP contribution in [0.15, 0.2) is 36.9 Å². The maximum absolute atomic E-state index is 13.1. The molecular formula is C22H32N4O2. The number of amides is 2. The van der Waals surface area contributed by atoms with Gasteiger partial charge in [0, 0.05) is 26.1 Å². The summed E-state index contributed by atoms with van der Waals surface area (Å²) in [7, 11) is 0. The molecule has 6 heteroatoms. The quantitative estimate of drug-likeness (QED) is 0.640. The lowest BCUT2D eigenvalue weighted by atomic mass is 10.1. The molecule has 2 rings (SSSR count). The lowest BCUT2D eigenvalue weighted by molar-refractivity contribution is -0.133. The van der Waals surface area contributed by atoms with Gasteiger partial charge in [0.2, 0.25) is 11.8 Å². The first-order chi connectivity index (χ1) is 13.3. The van der Waals surface area contributed by atoms with Gasteiger partial charge in [-0.2, -0.15) is 0 Å². The second-order valence-corrected chi connectivity index (χ2v) is 7.93. The van der Waals surface area contributed by atoms with Crippen LogP contribution in [0.25, 0.3) is 11.0 Å². The van der Waals surface area contributed by atoms with Crippen LogP contribution in [0.4, 0.5) is 0 Å². The van der Waals surface area contributed by atoms with E-state index in [-0.39, 0.29) is 18.4 Å². The molecule has 1 heterocycles. The van der Waals surface area contributed by atoms with Gasteiger partial charge in [0.05, 0.1) is 11.0 Å². The molecule has 1 aromatic heterocycles. The Hall–Kier alpha value is -2.63. The second-order valence-electron chi connectivity index (χ2n) is 7.93. The highest BCUT2D eigenvalue weighted by molar-refractivity contribution is 5.86. The number of hydrogen-bond acceptors (Lipinski definition) is 3. The highest BCUT2D eigenvalue weighted by Crippen LogP contribution is 2.17. The van der Waals surface area contributed by atoms with Crippen molar-refractivity contribution >= 4 is 22.8 Å². The normalized spacial score (nSPS) is 11.2. The second kappa shape index (κ2) is 10.1. The Balaban J connectivity index is 2.24. The number of fused-ring (bicyclic) bond motifs is 1. The van der Waals surface area contributed by atoms with E-state index >= 15 is 0 Å². The standard InChI is InChI=1S/C22H32N4O2/c1-6-21(27)23-12-11-20-24-18-9-7-8-10-19(18)26(20)15-22(28)25(13-16(2)3)14-17(4)5/h6-10,16-17H,1,11-15H2,2-5H3,(H,23,27). The predicted octanol–water partition coefficient (Wildman–Crippen LogP) is 3.02. The summed E-state index contributed by atoms with van der Waals surface area (Å²) < 4.78 is 1.98. The van der Waals surface area contributed by atoms with E-state index in [0.29, 0.717) is 24.8 Å². The van der Waals surface area contributed by atoms with Crippen LogP contribution >= 0.6 is 0 Å². The van der Waals surface area contributed by atoms with Gasteiger partial charge in [-0.3, -0.25) is 9.59 Å². The summed E-state index contributed by atoms with van der Waals surface area (Å²) in [6.45, 7) is 14.2. The van der Waals surface area contributed by atoms with Crippen molar-refractivity contribution in [2.24, 2.45) is 11.8 Å². The van der Waals surface area contributed by atoms with Crippen LogP contribution in [0.3, 0.4) is 0 Å². The molecule has 0 saturated heterocycles. The van der Waals surface area contributed by atoms with Crippen LogP contribution < -0.4 is 5.32 Å². The Kier molecular flexibility index (Phi) is 7.79. The number of carbonyl (C=O) groups excluding carboxylic acids is 2. The molecule has 2 amide bonds. The molecule has 152 valence electrons. The maximum atomic E-state index is 13.1. The number of imidazole rings is 1. The van der Waals surface area contributed by atoms with Crippen molar-refractivity contribution in [2.75, 3.05) is 19.6 Å². The topological polar surface area (TPSA) is 67.2 Å². The van der Waals surface area contributed by atoms with Gasteiger partial charge >= 0.3 is 0 Å². The van der Waals surface area contributed by atoms with Gasteiger partial charge < -0.3 is 14.8 Å². The molecule has 0 aliphatic rings. The van der Waals surface area contributed by atoms with E-state index in [9.17, 15) is 9.59 Å². The van der Waals surface area contributed by atoms with Gasteiger partial charge in [0.25, 0.3) is 0 Å². The first kappa shape index (κ1) is 21.7. The number of hydrogen-bond donors (Lipinski definition) is 1. The van der Waals surface area contributed by atoms with Crippen molar-refractivity contribution in [3.8, 4) is 0 Å². The van der Waals surface area contributed by atoms with Crippen LogP contribution in [0.5, 0.6) is 0 Å². The summed E-state index contributed by atoms with van der Waals surface area (Å²) in [6, 6.07) is 7.82. The summed E-state index contributed by atoms with van der Waals surface area (Å²) in [5.41, 5.74) is 1.80. The number of para-hydroxylation sites is 2. The summed E-state index contributed by atoms with van der Waals surface area (Å²) in [5, 5.41) is 2.78. The summed E-state index contributed by atoms with van der Waals surface area (Å²) in [5.74, 6) is 1.51. The van der Waals surface area contributed by atoms with Crippen molar-refractivity contribution in [2.45, 2.75) is 40.7 Å². The molecule has 0 radical (unpaired) electrons. The van der Waals surface area contributed by atoms with Gasteiger partial charge in [-0.15, -0.1) is 0 Å². The average molecular weight is 385 g/mol. The van der Waals surface area contributed by atoms with Crippen LogP contribution in [-0.4, -0.2) is 45.9 Å². The lowest BCUT2D eigenvalue weighted by Crippen LogP contribution is -2.39. The Morgan fingerprint density at radius 2 is 1.82 bits per heavy atom. The lowest BCUT2D eigenvalue weighted by Gasteiger charge is -2.27. The van der Waals surface area contributed by atoms with Crippen LogP contribution in [0.2, 0.25) is 0 Å². The van der Waals surface area contributed by atoms with Crippen molar-refractivity contribution < 1.29 is 9.59 Å². The molecule has 2 aromatic rings. The fourth-order valence-electron chi connectivity index (χ4n) is 3.26. The van der Waals surface area contributed by atoms with Crippen molar-refractivity contribution in [3.05, 3.63) is 42.7 Å². The largest absolute Gasteiger partial charge is 0.352 e. The molecule has 0 atom stereocenters. The molecule has 0 aliphatic heterocycles. The Bertz CT molecular complexity index is 813. The third-order valence-electron chi connectivity index (χ3n) is 4.38. The monoisotopic (exact) mass is 384 g/mol. The molecule has 0 bridgehead atoms. The van der Waals surface area contributed by atoms with Crippen LogP contribution in [0, 0.1) is 11.8 Å². The molecule has 0 fully saturated rings. The van der Waals surface area contributed by atoms with E-state index in [1.54, 1.807) is 0 Å². The fourth-order valence-corrected chi connectivity index (χ4v) is 3.26. The molecule has 1 N–H and O–H groups in total. The SMILES string of the molecule is C=CC(=O)NCCc1nc2ccccc2n1CC(=O)N(CC(C)C)CC(C)C. The molecule has 28 heavy (non-hydrogen) atoms. The van der Waals surface area contributed by atoms with Gasteiger partial charge in [0.1, 0.15) is 12.4 Å². The fraction of sp³-hybridized carbons (Fsp3) is 0.500. The minimum Gasteiger partial charge on any atom is -0.352 e. The number of rotatable bonds is 10. The zero-order valence-corrected chi connectivity index (χ0v) is 17.4. The third-order valence-corrected chi connectivity index (χ3v) is 4.38. The Morgan fingerprint density at radius 1 is 1.18 bits per heavy atom. The van der Waals surface area contributed by atoms with Crippen LogP contribution in [-0.2, 0) is 22.6 Å². The van der Waals surface area contributed by atoms with Crippen molar-refractivity contribution in [3.63, 3.8) is 0 Å². The first-order valence-electron chi connectivity index (χ1n) is 9.94. The molecule has 6 nitrogen and oxygen atoms in total. The number of nitrogens with one attached hydrogen (secondary N) is 1. The Morgan fingerprint density at radius 3 is 2.43 bits per heavy atom. The number of benzene rings is 1. The maximum Gasteiger partial charge on any atom is 0.243 e. The average Bonchev–Trinajstić information content (AvgIpc) is 2.97. The number of carbonyl (C=O) groups is 2. The molecule has 0 aliphatic carbocycles. The minimum atomic E-state index is -0.209. The van der Waals surface area contributed by atoms with E-state index in [1.165, 1.54) is 6.08 Å². The molecule has 0 spiro atoms. The van der Waals surface area contributed by atoms with Crippen molar-refractivity contribution in [1.82, 2.24) is 19.8 Å². The molecule has 0 saturated carbocycles. The zero-order valence-electron chi connectivity index (χ0n) is 17.4. The Labute approximate surface area is 167 Å². The third kappa shape index (κ3) is 5.94. The van der Waals surface area contributed by atoms with Gasteiger partial charge in [-0.25, -0.2) is 4.98 Å². The molecule has 1 aromatic carbocycles. The zero-order chi connectivity index (χ0) is 20.7. The van der Waals surface area contributed by atoms with Crippen molar-refractivity contribution in [1.29, 1.82) is 0 Å². The van der Waals surface area contributed by atoms with E-state index < -0.39 is 0 Å². The van der Waals surface area contributed by atoms with Gasteiger partial charge in [-0.05, 0) is 30.0 Å². The summed E-state index contributed by atoms with van der Waals surface area (Å²) in [4.78, 5) is 31.2. The smallest absolute Gasteiger partial charge is 0.243 e. The summed E-state index contributed by atoms with van der Waals surface area (Å²) >= 11 is 0. The highest BCUT2D eigenvalue weighted by Gasteiger charge is 2.20. The van der Waals surface area contributed by atoms with Crippen LogP contribution in [0.1, 0.15) is 33.5 Å². The summed E-state index contributed by atoms with van der Waals surface area (Å²) in [6.07, 6.45) is 1.80. The van der Waals surface area contributed by atoms with E-state index in [0.717, 1.165) is 29.9 Å². The van der Waals surface area contributed by atoms with E-state index in [1.807, 2.05) is 33.7 Å². The molecule has 0 unspecified atom stereocenters. The number of aromatic nitrogens is 2. The minimum absolute atomic E-state index is 0.0990. The van der Waals surface area contributed by atoms with E-state index in [4.69, 9.17) is 0 Å². The van der Waals surface area contributed by atoms with E-state index in [2.05, 4.69) is 44.6 Å². The first-order valence-corrected chi connectivity index (χ1v) is 9.94.